The molecule has 4 nitrogen and oxygen atoms in total. The molecule has 1 aromatic heterocycles. The van der Waals surface area contributed by atoms with E-state index < -0.39 is 0 Å². The number of nitrogens with zero attached hydrogens (tertiary/aromatic N) is 2. The average Bonchev–Trinajstić information content (AvgIpc) is 2.79. The molecular weight excluding hydrogens is 202 g/mol. The van der Waals surface area contributed by atoms with Crippen LogP contribution in [0.1, 0.15) is 5.56 Å². The zero-order chi connectivity index (χ0) is 11.1. The van der Waals surface area contributed by atoms with Crippen LogP contribution in [-0.4, -0.2) is 11.1 Å². The molecule has 4 heteroatoms. The van der Waals surface area contributed by atoms with Crippen molar-refractivity contribution < 1.29 is 0 Å². The van der Waals surface area contributed by atoms with Crippen LogP contribution in [0.4, 0.5) is 5.82 Å². The van der Waals surface area contributed by atoms with Crippen molar-refractivity contribution in [3.8, 4) is 6.07 Å². The Morgan fingerprint density at radius 1 is 1.31 bits per heavy atom. The summed E-state index contributed by atoms with van der Waals surface area (Å²) in [5.74, 6) is 0.659. The van der Waals surface area contributed by atoms with Crippen LogP contribution in [0.25, 0.3) is 10.8 Å². The summed E-state index contributed by atoms with van der Waals surface area (Å²) in [6.07, 6.45) is 0. The average molecular weight is 211 g/mol. The van der Waals surface area contributed by atoms with E-state index in [1.54, 1.807) is 10.6 Å². The molecule has 2 aromatic rings. The first-order valence-electron chi connectivity index (χ1n) is 5.12. The number of nitrogens with one attached hydrogen (secondary N) is 1. The van der Waals surface area contributed by atoms with Gasteiger partial charge in [-0.2, -0.15) is 5.26 Å². The Bertz CT molecular complexity index is 679. The second kappa shape index (κ2) is 3.11. The highest BCUT2D eigenvalue weighted by molar-refractivity contribution is 5.91. The van der Waals surface area contributed by atoms with E-state index in [2.05, 4.69) is 11.4 Å². The molecule has 16 heavy (non-hydrogen) atoms. The van der Waals surface area contributed by atoms with E-state index in [0.29, 0.717) is 29.9 Å². The number of pyridine rings is 1. The molecule has 0 amide bonds. The maximum atomic E-state index is 12.1. The van der Waals surface area contributed by atoms with Gasteiger partial charge in [-0.3, -0.25) is 9.36 Å². The van der Waals surface area contributed by atoms with Crippen LogP contribution >= 0.6 is 0 Å². The fourth-order valence-electron chi connectivity index (χ4n) is 2.19. The van der Waals surface area contributed by atoms with Gasteiger partial charge < -0.3 is 5.32 Å². The standard InChI is InChI=1S/C12H9N3O/c13-7-10-8-3-1-2-4-9(8)12(16)15-6-5-14-11(10)15/h1-4,14H,5-6H2. The normalized spacial score (nSPS) is 13.2. The van der Waals surface area contributed by atoms with E-state index in [9.17, 15) is 10.1 Å². The van der Waals surface area contributed by atoms with E-state index in [1.807, 2.05) is 18.2 Å². The number of aromatic nitrogens is 1. The summed E-state index contributed by atoms with van der Waals surface area (Å²) >= 11 is 0. The van der Waals surface area contributed by atoms with Gasteiger partial charge in [0.25, 0.3) is 5.56 Å². The summed E-state index contributed by atoms with van der Waals surface area (Å²) in [6.45, 7) is 1.34. The highest BCUT2D eigenvalue weighted by Crippen LogP contribution is 2.24. The second-order valence-corrected chi connectivity index (χ2v) is 3.76. The van der Waals surface area contributed by atoms with Crippen LogP contribution in [0.5, 0.6) is 0 Å². The summed E-state index contributed by atoms with van der Waals surface area (Å²) in [5.41, 5.74) is 0.544. The minimum absolute atomic E-state index is 0.0189. The molecule has 78 valence electrons. The van der Waals surface area contributed by atoms with Gasteiger partial charge in [-0.1, -0.05) is 18.2 Å². The molecule has 2 heterocycles. The van der Waals surface area contributed by atoms with Crippen molar-refractivity contribution in [2.75, 3.05) is 11.9 Å². The molecule has 1 aromatic carbocycles. The molecule has 3 rings (SSSR count). The predicted molar refractivity (Wildman–Crippen MR) is 61.4 cm³/mol. The first-order valence-corrected chi connectivity index (χ1v) is 5.12. The first-order chi connectivity index (χ1) is 7.83. The van der Waals surface area contributed by atoms with Crippen molar-refractivity contribution in [1.82, 2.24) is 4.57 Å². The topological polar surface area (TPSA) is 57.8 Å². The van der Waals surface area contributed by atoms with Gasteiger partial charge in [0.1, 0.15) is 17.5 Å². The third-order valence-electron chi connectivity index (χ3n) is 2.92. The van der Waals surface area contributed by atoms with E-state index in [4.69, 9.17) is 0 Å². The third-order valence-corrected chi connectivity index (χ3v) is 2.92. The van der Waals surface area contributed by atoms with Crippen LogP contribution < -0.4 is 10.9 Å². The van der Waals surface area contributed by atoms with E-state index >= 15 is 0 Å². The van der Waals surface area contributed by atoms with Gasteiger partial charge in [0.15, 0.2) is 0 Å². The van der Waals surface area contributed by atoms with Crippen molar-refractivity contribution in [1.29, 1.82) is 5.26 Å². The molecule has 0 unspecified atom stereocenters. The smallest absolute Gasteiger partial charge is 0.260 e. The Balaban J connectivity index is 2.59. The minimum Gasteiger partial charge on any atom is -0.368 e. The largest absolute Gasteiger partial charge is 0.368 e. The summed E-state index contributed by atoms with van der Waals surface area (Å²) < 4.78 is 1.64. The lowest BCUT2D eigenvalue weighted by atomic mass is 10.1. The van der Waals surface area contributed by atoms with E-state index in [0.717, 1.165) is 5.39 Å². The second-order valence-electron chi connectivity index (χ2n) is 3.76. The zero-order valence-electron chi connectivity index (χ0n) is 8.53. The van der Waals surface area contributed by atoms with Crippen molar-refractivity contribution in [3.63, 3.8) is 0 Å². The number of nitriles is 1. The van der Waals surface area contributed by atoms with Crippen LogP contribution in [0.15, 0.2) is 29.1 Å². The lowest BCUT2D eigenvalue weighted by Crippen LogP contribution is -2.18. The molecule has 0 radical (unpaired) electrons. The van der Waals surface area contributed by atoms with Crippen molar-refractivity contribution in [3.05, 3.63) is 40.2 Å². The number of fused-ring (bicyclic) bond motifs is 2. The monoisotopic (exact) mass is 211 g/mol. The lowest BCUT2D eigenvalue weighted by molar-refractivity contribution is 0.779. The SMILES string of the molecule is N#Cc1c2n(c(=O)c3ccccc13)CCN2. The van der Waals surface area contributed by atoms with Crippen LogP contribution in [0.2, 0.25) is 0 Å². The Morgan fingerprint density at radius 2 is 2.06 bits per heavy atom. The van der Waals surface area contributed by atoms with Gasteiger partial charge in [0.05, 0.1) is 0 Å². The Labute approximate surface area is 91.7 Å². The maximum absolute atomic E-state index is 12.1. The summed E-state index contributed by atoms with van der Waals surface area (Å²) in [7, 11) is 0. The van der Waals surface area contributed by atoms with Gasteiger partial charge in [-0.05, 0) is 6.07 Å². The molecule has 0 saturated heterocycles. The molecular formula is C12H9N3O. The molecule has 0 atom stereocenters. The molecule has 0 saturated carbocycles. The van der Waals surface area contributed by atoms with Crippen molar-refractivity contribution >= 4 is 16.6 Å². The van der Waals surface area contributed by atoms with Gasteiger partial charge in [0, 0.05) is 23.9 Å². The lowest BCUT2D eigenvalue weighted by Gasteiger charge is -2.07. The number of hydrogen-bond acceptors (Lipinski definition) is 3. The van der Waals surface area contributed by atoms with Crippen molar-refractivity contribution in [2.24, 2.45) is 0 Å². The molecule has 0 spiro atoms. The van der Waals surface area contributed by atoms with Gasteiger partial charge >= 0.3 is 0 Å². The molecule has 0 fully saturated rings. The first kappa shape index (κ1) is 8.98. The number of benzene rings is 1. The fourth-order valence-corrected chi connectivity index (χ4v) is 2.19. The molecule has 0 bridgehead atoms. The Hall–Kier alpha value is -2.28. The zero-order valence-corrected chi connectivity index (χ0v) is 8.53. The summed E-state index contributed by atoms with van der Waals surface area (Å²) in [6, 6.07) is 9.42. The Morgan fingerprint density at radius 3 is 2.81 bits per heavy atom. The number of rotatable bonds is 0. The van der Waals surface area contributed by atoms with E-state index in [-0.39, 0.29) is 5.56 Å². The summed E-state index contributed by atoms with van der Waals surface area (Å²) in [4.78, 5) is 12.1. The highest BCUT2D eigenvalue weighted by atomic mass is 16.1. The minimum atomic E-state index is -0.0189. The van der Waals surface area contributed by atoms with Gasteiger partial charge in [-0.15, -0.1) is 0 Å². The highest BCUT2D eigenvalue weighted by Gasteiger charge is 2.19. The van der Waals surface area contributed by atoms with Crippen LogP contribution in [0, 0.1) is 11.3 Å². The molecule has 1 N–H and O–H groups in total. The van der Waals surface area contributed by atoms with Crippen LogP contribution in [-0.2, 0) is 6.54 Å². The van der Waals surface area contributed by atoms with Crippen molar-refractivity contribution in [2.45, 2.75) is 6.54 Å². The van der Waals surface area contributed by atoms with E-state index in [1.165, 1.54) is 0 Å². The third kappa shape index (κ3) is 0.999. The Kier molecular flexibility index (Phi) is 1.74. The van der Waals surface area contributed by atoms with Gasteiger partial charge in [0.2, 0.25) is 0 Å². The predicted octanol–water partition coefficient (Wildman–Crippen LogP) is 1.30. The summed E-state index contributed by atoms with van der Waals surface area (Å²) in [5, 5.41) is 13.6. The maximum Gasteiger partial charge on any atom is 0.260 e. The molecule has 1 aliphatic heterocycles. The molecule has 0 aliphatic carbocycles. The van der Waals surface area contributed by atoms with Crippen LogP contribution in [0.3, 0.4) is 0 Å². The number of anilines is 1. The molecule has 1 aliphatic rings. The quantitative estimate of drug-likeness (QED) is 0.714. The number of hydrogen-bond donors (Lipinski definition) is 1. The van der Waals surface area contributed by atoms with Gasteiger partial charge in [-0.25, -0.2) is 0 Å². The fraction of sp³-hybridized carbons (Fsp3) is 0.167.